The zero-order valence-electron chi connectivity index (χ0n) is 7.73. The number of nitrogens with zero attached hydrogens (tertiary/aromatic N) is 1. The van der Waals surface area contributed by atoms with Crippen molar-refractivity contribution in [1.29, 1.82) is 0 Å². The average molecular weight is 185 g/mol. The summed E-state index contributed by atoms with van der Waals surface area (Å²) in [5.41, 5.74) is 0. The summed E-state index contributed by atoms with van der Waals surface area (Å²) in [7, 11) is 1.14. The second-order valence-corrected chi connectivity index (χ2v) is 3.06. The molecule has 0 N–H and O–H groups in total. The van der Waals surface area contributed by atoms with Crippen molar-refractivity contribution in [1.82, 2.24) is 4.90 Å². The summed E-state index contributed by atoms with van der Waals surface area (Å²) in [6.07, 6.45) is -0.897. The van der Waals surface area contributed by atoms with E-state index < -0.39 is 29.7 Å². The number of hydrogen-bond donors (Lipinski definition) is 0. The topological polar surface area (TPSA) is 63.7 Å². The molecule has 0 aliphatic carbocycles. The third kappa shape index (κ3) is 1.30. The van der Waals surface area contributed by atoms with E-state index in [4.69, 9.17) is 0 Å². The molecule has 1 fully saturated rings. The zero-order valence-corrected chi connectivity index (χ0v) is 7.73. The normalized spacial score (nSPS) is 28.1. The molecule has 1 aliphatic rings. The first-order chi connectivity index (χ1) is 6.00. The van der Waals surface area contributed by atoms with Crippen LogP contribution in [0.15, 0.2) is 0 Å². The number of rotatable bonds is 0. The molecule has 1 saturated heterocycles. The molecular weight excluding hydrogens is 174 g/mol. The van der Waals surface area contributed by atoms with Crippen LogP contribution in [0.25, 0.3) is 0 Å². The van der Waals surface area contributed by atoms with Gasteiger partial charge in [-0.3, -0.25) is 9.59 Å². The van der Waals surface area contributed by atoms with Crippen molar-refractivity contribution in [3.63, 3.8) is 0 Å². The van der Waals surface area contributed by atoms with Gasteiger partial charge < -0.3 is 4.74 Å². The Labute approximate surface area is 75.6 Å². The van der Waals surface area contributed by atoms with Crippen LogP contribution in [0.3, 0.4) is 0 Å². The minimum absolute atomic E-state index is 0.438. The van der Waals surface area contributed by atoms with Crippen LogP contribution in [0.5, 0.6) is 0 Å². The van der Waals surface area contributed by atoms with Crippen LogP contribution < -0.4 is 0 Å². The molecule has 0 bridgehead atoms. The molecule has 5 nitrogen and oxygen atoms in total. The van der Waals surface area contributed by atoms with E-state index in [2.05, 4.69) is 4.74 Å². The van der Waals surface area contributed by atoms with E-state index in [0.29, 0.717) is 4.90 Å². The SMILES string of the molecule is COC(=O)N1C(=O)C(C)C(C)C1=O. The maximum Gasteiger partial charge on any atom is 0.423 e. The van der Waals surface area contributed by atoms with E-state index in [9.17, 15) is 14.4 Å². The first kappa shape index (κ1) is 9.70. The van der Waals surface area contributed by atoms with Crippen LogP contribution in [0, 0.1) is 11.8 Å². The number of ether oxygens (including phenoxy) is 1. The van der Waals surface area contributed by atoms with Gasteiger partial charge in [0.25, 0.3) is 0 Å². The number of methoxy groups -OCH3 is 1. The van der Waals surface area contributed by atoms with Gasteiger partial charge in [0.15, 0.2) is 0 Å². The molecule has 1 rings (SSSR count). The van der Waals surface area contributed by atoms with E-state index in [1.54, 1.807) is 13.8 Å². The van der Waals surface area contributed by atoms with Gasteiger partial charge in [0, 0.05) is 11.8 Å². The molecule has 3 amide bonds. The molecule has 0 radical (unpaired) electrons. The molecule has 13 heavy (non-hydrogen) atoms. The number of carbonyl (C=O) groups excluding carboxylic acids is 3. The number of imide groups is 3. The Hall–Kier alpha value is -1.39. The molecule has 2 unspecified atom stereocenters. The largest absolute Gasteiger partial charge is 0.452 e. The van der Waals surface area contributed by atoms with Crippen molar-refractivity contribution in [2.75, 3.05) is 7.11 Å². The summed E-state index contributed by atoms with van der Waals surface area (Å²) in [4.78, 5) is 34.2. The van der Waals surface area contributed by atoms with E-state index in [-0.39, 0.29) is 0 Å². The molecule has 72 valence electrons. The molecular formula is C8H11NO4. The molecule has 0 spiro atoms. The van der Waals surface area contributed by atoms with Gasteiger partial charge in [0.05, 0.1) is 7.11 Å². The summed E-state index contributed by atoms with van der Waals surface area (Å²) in [6, 6.07) is 0. The van der Waals surface area contributed by atoms with Crippen molar-refractivity contribution < 1.29 is 19.1 Å². The fraction of sp³-hybridized carbons (Fsp3) is 0.625. The van der Waals surface area contributed by atoms with Crippen LogP contribution in [-0.2, 0) is 14.3 Å². The number of hydrogen-bond acceptors (Lipinski definition) is 4. The first-order valence-electron chi connectivity index (χ1n) is 3.96. The van der Waals surface area contributed by atoms with Crippen molar-refractivity contribution >= 4 is 17.9 Å². The van der Waals surface area contributed by atoms with Gasteiger partial charge in [-0.1, -0.05) is 13.8 Å². The molecule has 5 heteroatoms. The Morgan fingerprint density at radius 2 is 1.62 bits per heavy atom. The minimum Gasteiger partial charge on any atom is -0.452 e. The van der Waals surface area contributed by atoms with Gasteiger partial charge in [-0.15, -0.1) is 0 Å². The zero-order chi connectivity index (χ0) is 10.2. The smallest absolute Gasteiger partial charge is 0.423 e. The lowest BCUT2D eigenvalue weighted by Gasteiger charge is -2.09. The van der Waals surface area contributed by atoms with E-state index in [1.807, 2.05) is 0 Å². The monoisotopic (exact) mass is 185 g/mol. The Morgan fingerprint density at radius 1 is 1.23 bits per heavy atom. The molecule has 0 aromatic rings. The third-order valence-electron chi connectivity index (χ3n) is 2.33. The lowest BCUT2D eigenvalue weighted by Crippen LogP contribution is -2.36. The van der Waals surface area contributed by atoms with Crippen LogP contribution in [0.2, 0.25) is 0 Å². The van der Waals surface area contributed by atoms with Crippen LogP contribution in [0.4, 0.5) is 4.79 Å². The van der Waals surface area contributed by atoms with Gasteiger partial charge in [-0.2, -0.15) is 4.90 Å². The summed E-state index contributed by atoms with van der Waals surface area (Å²) >= 11 is 0. The van der Waals surface area contributed by atoms with Gasteiger partial charge in [-0.05, 0) is 0 Å². The highest BCUT2D eigenvalue weighted by molar-refractivity contribution is 6.15. The highest BCUT2D eigenvalue weighted by Gasteiger charge is 2.46. The number of carbonyl (C=O) groups is 3. The minimum atomic E-state index is -0.897. The Morgan fingerprint density at radius 3 is 1.92 bits per heavy atom. The Kier molecular flexibility index (Phi) is 2.36. The highest BCUT2D eigenvalue weighted by atomic mass is 16.5. The second kappa shape index (κ2) is 3.16. The van der Waals surface area contributed by atoms with Gasteiger partial charge in [0.2, 0.25) is 11.8 Å². The number of amides is 3. The summed E-state index contributed by atoms with van der Waals surface area (Å²) in [6.45, 7) is 3.24. The lowest BCUT2D eigenvalue weighted by atomic mass is 10.00. The van der Waals surface area contributed by atoms with Crippen molar-refractivity contribution in [3.8, 4) is 0 Å². The maximum absolute atomic E-state index is 11.3. The fourth-order valence-corrected chi connectivity index (χ4v) is 1.21. The van der Waals surface area contributed by atoms with Gasteiger partial charge in [0.1, 0.15) is 0 Å². The predicted molar refractivity (Wildman–Crippen MR) is 42.6 cm³/mol. The van der Waals surface area contributed by atoms with E-state index in [1.165, 1.54) is 0 Å². The summed E-state index contributed by atoms with van der Waals surface area (Å²) in [5, 5.41) is 0. The van der Waals surface area contributed by atoms with Crippen LogP contribution in [0.1, 0.15) is 13.8 Å². The van der Waals surface area contributed by atoms with Crippen molar-refractivity contribution in [2.24, 2.45) is 11.8 Å². The van der Waals surface area contributed by atoms with Gasteiger partial charge in [-0.25, -0.2) is 4.79 Å². The molecule has 0 aromatic heterocycles. The van der Waals surface area contributed by atoms with Crippen LogP contribution in [-0.4, -0.2) is 29.9 Å². The Bertz CT molecular complexity index is 253. The maximum atomic E-state index is 11.3. The average Bonchev–Trinajstić information content (AvgIpc) is 2.30. The van der Waals surface area contributed by atoms with Crippen molar-refractivity contribution in [2.45, 2.75) is 13.8 Å². The summed E-state index contributed by atoms with van der Waals surface area (Å²) in [5.74, 6) is -1.84. The lowest BCUT2D eigenvalue weighted by molar-refractivity contribution is -0.137. The third-order valence-corrected chi connectivity index (χ3v) is 2.33. The molecule has 0 saturated carbocycles. The first-order valence-corrected chi connectivity index (χ1v) is 3.96. The fourth-order valence-electron chi connectivity index (χ4n) is 1.21. The van der Waals surface area contributed by atoms with Crippen LogP contribution >= 0.6 is 0 Å². The quantitative estimate of drug-likeness (QED) is 0.512. The standard InChI is InChI=1S/C8H11NO4/c1-4-5(2)7(11)9(6(4)10)8(12)13-3/h4-5H,1-3H3. The van der Waals surface area contributed by atoms with Gasteiger partial charge >= 0.3 is 6.09 Å². The summed E-state index contributed by atoms with van der Waals surface area (Å²) < 4.78 is 4.32. The molecule has 0 aromatic carbocycles. The Balaban J connectivity index is 2.94. The molecule has 1 heterocycles. The predicted octanol–water partition coefficient (Wildman–Crippen LogP) is 0.394. The second-order valence-electron chi connectivity index (χ2n) is 3.06. The van der Waals surface area contributed by atoms with E-state index in [0.717, 1.165) is 7.11 Å². The molecule has 2 atom stereocenters. The highest BCUT2D eigenvalue weighted by Crippen LogP contribution is 2.25. The van der Waals surface area contributed by atoms with Crippen molar-refractivity contribution in [3.05, 3.63) is 0 Å². The molecule has 1 aliphatic heterocycles. The van der Waals surface area contributed by atoms with E-state index >= 15 is 0 Å². The number of likely N-dealkylation sites (tertiary alicyclic amines) is 1.